The molecular weight excluding hydrogens is 2300 g/mol. The van der Waals surface area contributed by atoms with Crippen LogP contribution in [-0.2, 0) is 94.8 Å². The van der Waals surface area contributed by atoms with E-state index in [-0.39, 0.29) is 77.0 Å². The number of hydrogen-bond acceptors (Lipinski definition) is 21. The molecule has 14 rings (SSSR count). The number of ether oxygens (including phenoxy) is 4. The summed E-state index contributed by atoms with van der Waals surface area (Å²) in [5, 5.41) is 23.1. The van der Waals surface area contributed by atoms with Gasteiger partial charge in [-0.15, -0.1) is 79.0 Å². The molecule has 1 saturated heterocycles. The first-order valence-electron chi connectivity index (χ1n) is 39.6. The molecule has 54 heteroatoms. The number of epoxide rings is 1. The summed E-state index contributed by atoms with van der Waals surface area (Å²) in [5.74, 6) is -2.56. The van der Waals surface area contributed by atoms with Crippen molar-refractivity contribution in [1.29, 1.82) is 0 Å². The number of halogens is 31. The number of fused-ring (bicyclic) bond motifs is 3. The molecular formula is C87H73F31N3O15S3SnYb. The predicted octanol–water partition coefficient (Wildman–Crippen LogP) is 25.7. The number of nitrogens with one attached hydrogen (secondary N) is 1. The second-order valence-electron chi connectivity index (χ2n) is 30.4. The molecule has 0 spiro atoms. The zero-order valence-electron chi connectivity index (χ0n) is 71.5. The summed E-state index contributed by atoms with van der Waals surface area (Å²) < 4.78 is 456. The van der Waals surface area contributed by atoms with Crippen molar-refractivity contribution in [2.24, 2.45) is 0 Å². The number of aliphatic hydroxyl groups is 2. The van der Waals surface area contributed by atoms with E-state index in [2.05, 4.69) is 51.6 Å². The van der Waals surface area contributed by atoms with Gasteiger partial charge in [0.05, 0.1) is 70.8 Å². The van der Waals surface area contributed by atoms with E-state index in [1.165, 1.54) is 104 Å². The summed E-state index contributed by atoms with van der Waals surface area (Å²) in [6.45, 7) is -1.74. The quantitative estimate of drug-likeness (QED) is 0.0333. The minimum atomic E-state index is -5.09. The zero-order chi connectivity index (χ0) is 105. The number of hydrogen-bond donors (Lipinski definition) is 3. The van der Waals surface area contributed by atoms with Crippen LogP contribution in [0.15, 0.2) is 224 Å². The molecule has 779 valence electrons. The van der Waals surface area contributed by atoms with Crippen LogP contribution in [0.2, 0.25) is 14.8 Å². The van der Waals surface area contributed by atoms with Crippen LogP contribution in [0.25, 0.3) is 33.4 Å². The van der Waals surface area contributed by atoms with Crippen molar-refractivity contribution in [3.63, 3.8) is 0 Å². The van der Waals surface area contributed by atoms with Crippen LogP contribution in [0.1, 0.15) is 70.8 Å². The third-order valence-corrected chi connectivity index (χ3v) is 26.2. The van der Waals surface area contributed by atoms with Gasteiger partial charge in [0.15, 0.2) is 18.3 Å². The second kappa shape index (κ2) is 51.5. The van der Waals surface area contributed by atoms with Crippen molar-refractivity contribution in [3.8, 4) is 50.6 Å². The third kappa shape index (κ3) is 42.2. The summed E-state index contributed by atoms with van der Waals surface area (Å²) in [6.07, 6.45) is -47.5. The average molecular weight is 2380 g/mol. The van der Waals surface area contributed by atoms with Crippen molar-refractivity contribution < 1.29 is 250 Å². The molecule has 6 atom stereocenters. The third-order valence-electron chi connectivity index (χ3n) is 19.4. The monoisotopic (exact) mass is 2380 g/mol. The Labute approximate surface area is 828 Å². The van der Waals surface area contributed by atoms with Crippen LogP contribution >= 0.6 is 0 Å². The van der Waals surface area contributed by atoms with Crippen LogP contribution in [0.4, 0.5) is 153 Å². The first-order valence-corrected chi connectivity index (χ1v) is 52.6. The van der Waals surface area contributed by atoms with Crippen molar-refractivity contribution in [2.45, 2.75) is 146 Å². The maximum atomic E-state index is 13.9. The van der Waals surface area contributed by atoms with Crippen molar-refractivity contribution in [1.82, 2.24) is 0 Å². The Hall–Kier alpha value is -9.24. The second-order valence-corrected chi connectivity index (χ2v) is 46.6. The van der Waals surface area contributed by atoms with Gasteiger partial charge in [0.2, 0.25) is 0 Å². The first kappa shape index (κ1) is 120. The van der Waals surface area contributed by atoms with Crippen molar-refractivity contribution in [3.05, 3.63) is 281 Å². The Morgan fingerprint density at radius 2 is 0.674 bits per heavy atom. The van der Waals surface area contributed by atoms with Crippen LogP contribution < -0.4 is 32.9 Å². The topological polar surface area (TPSA) is 229 Å². The van der Waals surface area contributed by atoms with Crippen LogP contribution in [-0.4, -0.2) is 123 Å². The average Bonchev–Trinajstić information content (AvgIpc) is 1.54. The fourth-order valence-electron chi connectivity index (χ4n) is 13.9. The van der Waals surface area contributed by atoms with Crippen LogP contribution in [0, 0.1) is 70.2 Å². The summed E-state index contributed by atoms with van der Waals surface area (Å²) >= 11 is -2.00. The molecule has 3 N–H and O–H groups in total. The molecule has 10 aromatic rings. The molecule has 0 bridgehead atoms. The SMILES string of the molecule is FC(F)(F)C1CO1.Fc1cccc(C2CCc3c(cccc3-c3cccc(OC(F)(F)F)c3)N2)c1.O=[S-](=O)OC(F)(F)F.O=[S-](=O)OC(F)(F)F.O=[S-](=O)OC(F)(F)F.OC(CN1c2cccc(-c3cccc(OC(F)(F)F)c3)c2CCC1c1cccc(F)c1)C(F)(F)F.OC(CN1c2cccc(-c3cccc(OC(F)(F)F)c3)c2CCC1c1cccc(F)c1)C(F)(F)F.[CH3][Sn]([CH3])([CH3])[c]1cccc(F)c1.[Yb+3]. The Morgan fingerprint density at radius 1 is 0.376 bits per heavy atom. The molecule has 141 heavy (non-hydrogen) atoms. The van der Waals surface area contributed by atoms with Gasteiger partial charge in [0, 0.05) is 17.1 Å². The number of anilines is 3. The molecule has 4 heterocycles. The van der Waals surface area contributed by atoms with E-state index in [0.717, 1.165) is 47.4 Å². The van der Waals surface area contributed by atoms with Gasteiger partial charge in [-0.05, 0) is 196 Å². The fourth-order valence-corrected chi connectivity index (χ4v) is 17.7. The minimum Gasteiger partial charge on any atom is 3.00 e. The van der Waals surface area contributed by atoms with Gasteiger partial charge < -0.3 is 82.1 Å². The van der Waals surface area contributed by atoms with E-state index in [0.29, 0.717) is 87.1 Å². The number of nitrogens with zero attached hydrogens (tertiary/aromatic N) is 2. The van der Waals surface area contributed by atoms with Gasteiger partial charge in [0.1, 0.15) is 34.7 Å². The standard InChI is InChI=1S/2C25H20F7NO2.C22H17F4NO.C6H4F.C3H3F3O.3CF3O3S.3CH3.Sn.Yb/c2*26-17-6-1-5-16(12-17)21-11-10-20-19(15-4-2-7-18(13-15)35-25(30,31)32)8-3-9-22(20)33(21)14-23(34)24(27,28)29;23-16-6-1-5-15(12-16)20-11-10-19-18(8-3-9-21(19)27-20)14-4-2-7-17(13-14)28-22(24,25)26;7-6-4-2-1-3-5-6;4-3(5,6)2-1-7-2;3*2-1(3,4)7-8(5)6;;;;;/h2*1-9,12-13,21,23,34H,10-11,14H2;1-9,12-13,20,27H,10-11H2;1-2,4-5H;2H,1H2;;;;3*1H3;;/q;;;;;3*-1;;;;;+3. The van der Waals surface area contributed by atoms with Crippen LogP contribution in [0.3, 0.4) is 0 Å². The molecule has 0 aliphatic carbocycles. The Kier molecular flexibility index (Phi) is 44.0. The smallest absolute Gasteiger partial charge is 3.00 e. The van der Waals surface area contributed by atoms with Crippen molar-refractivity contribution >= 4 is 72.0 Å². The maximum Gasteiger partial charge on any atom is 3.00 e. The summed E-state index contributed by atoms with van der Waals surface area (Å²) in [5.41, 5.74) is 9.05. The molecule has 0 amide bonds. The molecule has 18 nitrogen and oxygen atoms in total. The maximum absolute atomic E-state index is 13.9. The molecule has 4 aliphatic heterocycles. The summed E-state index contributed by atoms with van der Waals surface area (Å²) in [7, 11) is -10.5. The van der Waals surface area contributed by atoms with E-state index in [4.69, 9.17) is 25.3 Å². The zero-order valence-corrected chi connectivity index (χ0v) is 78.5. The van der Waals surface area contributed by atoms with E-state index in [1.807, 2.05) is 30.3 Å². The molecule has 6 unspecified atom stereocenters. The number of benzene rings is 10. The van der Waals surface area contributed by atoms with Gasteiger partial charge in [-0.3, -0.25) is 0 Å². The molecule has 4 aliphatic rings. The Balaban J connectivity index is 0.000000268. The Morgan fingerprint density at radius 3 is 0.950 bits per heavy atom. The molecule has 10 aromatic carbocycles. The van der Waals surface area contributed by atoms with E-state index >= 15 is 0 Å². The number of rotatable bonds is 17. The number of alkyl halides is 27. The van der Waals surface area contributed by atoms with Gasteiger partial charge in [-0.25, -0.2) is 13.2 Å². The molecule has 1 radical (unpaired) electrons. The van der Waals surface area contributed by atoms with E-state index in [1.54, 1.807) is 91.0 Å². The minimum absolute atomic E-state index is 0. The van der Waals surface area contributed by atoms with Gasteiger partial charge in [-0.2, -0.15) is 39.5 Å². The van der Waals surface area contributed by atoms with Crippen LogP contribution in [0.5, 0.6) is 17.2 Å². The van der Waals surface area contributed by atoms with Gasteiger partial charge in [0.25, 0.3) is 0 Å². The van der Waals surface area contributed by atoms with E-state index in [9.17, 15) is 146 Å². The van der Waals surface area contributed by atoms with Crippen molar-refractivity contribution in [2.75, 3.05) is 34.8 Å². The Bertz CT molecular complexity index is 5700. The first-order chi connectivity index (χ1) is 64.6. The predicted molar refractivity (Wildman–Crippen MR) is 443 cm³/mol. The number of β-amino-alcohol motifs (C(OH)–C–C–N with tert-alkyl or cyclic N) is 2. The van der Waals surface area contributed by atoms with Gasteiger partial charge >= 0.3 is 175 Å². The molecule has 0 aromatic heterocycles. The normalized spacial score (nSPS) is 16.3. The summed E-state index contributed by atoms with van der Waals surface area (Å²) in [4.78, 5) is 9.60. The summed E-state index contributed by atoms with van der Waals surface area (Å²) in [6, 6.07) is 55.2. The fraction of sp³-hybridized carbons (Fsp3) is 0.310. The molecule has 0 saturated carbocycles. The van der Waals surface area contributed by atoms with Gasteiger partial charge in [-0.1, -0.05) is 109 Å². The number of aliphatic hydroxyl groups excluding tert-OH is 2. The molecule has 1 fully saturated rings. The largest absolute Gasteiger partial charge is 3.00 e. The van der Waals surface area contributed by atoms with E-state index < -0.39 is 175 Å².